The maximum absolute atomic E-state index is 6.05. The number of nitrogens with zero attached hydrogens (tertiary/aromatic N) is 2. The minimum atomic E-state index is 0.438. The van der Waals surface area contributed by atoms with Crippen LogP contribution < -0.4 is 5.32 Å². The third-order valence-corrected chi connectivity index (χ3v) is 4.24. The lowest BCUT2D eigenvalue weighted by atomic mass is 10.2. The predicted octanol–water partition coefficient (Wildman–Crippen LogP) is 4.27. The standard InChI is InChI=1S/C14H12ClN3S/c1-9-7-19-8-10(9)6-16-14-12-5-3-2-4-11(12)13(15)17-18-14/h2-5,7-8H,6H2,1H3,(H,16,18). The monoisotopic (exact) mass is 289 g/mol. The Hall–Kier alpha value is -1.65. The number of aryl methyl sites for hydroxylation is 1. The highest BCUT2D eigenvalue weighted by atomic mass is 35.5. The number of hydrogen-bond donors (Lipinski definition) is 1. The van der Waals surface area contributed by atoms with E-state index < -0.39 is 0 Å². The van der Waals surface area contributed by atoms with Crippen molar-refractivity contribution >= 4 is 39.5 Å². The molecule has 0 aliphatic carbocycles. The van der Waals surface area contributed by atoms with Crippen LogP contribution in [0.5, 0.6) is 0 Å². The Kier molecular flexibility index (Phi) is 3.36. The molecule has 1 N–H and O–H groups in total. The molecule has 3 aromatic rings. The summed E-state index contributed by atoms with van der Waals surface area (Å²) in [6.07, 6.45) is 0. The Morgan fingerprint density at radius 1 is 1.16 bits per heavy atom. The third-order valence-electron chi connectivity index (χ3n) is 3.05. The van der Waals surface area contributed by atoms with Gasteiger partial charge in [-0.3, -0.25) is 0 Å². The van der Waals surface area contributed by atoms with Crippen molar-refractivity contribution < 1.29 is 0 Å². The first-order valence-electron chi connectivity index (χ1n) is 5.92. The van der Waals surface area contributed by atoms with Crippen LogP contribution >= 0.6 is 22.9 Å². The zero-order chi connectivity index (χ0) is 13.2. The van der Waals surface area contributed by atoms with Crippen molar-refractivity contribution in [1.29, 1.82) is 0 Å². The van der Waals surface area contributed by atoms with Gasteiger partial charge in [0, 0.05) is 17.3 Å². The number of halogens is 1. The number of aromatic nitrogens is 2. The molecule has 0 saturated carbocycles. The molecule has 0 fully saturated rings. The van der Waals surface area contributed by atoms with Crippen LogP contribution in [0.4, 0.5) is 5.82 Å². The van der Waals surface area contributed by atoms with Crippen LogP contribution in [0.15, 0.2) is 35.0 Å². The summed E-state index contributed by atoms with van der Waals surface area (Å²) in [7, 11) is 0. The van der Waals surface area contributed by atoms with Crippen LogP contribution in [-0.4, -0.2) is 10.2 Å². The zero-order valence-electron chi connectivity index (χ0n) is 10.4. The second kappa shape index (κ2) is 5.15. The molecule has 0 unspecified atom stereocenters. The largest absolute Gasteiger partial charge is 0.364 e. The Balaban J connectivity index is 1.93. The van der Waals surface area contributed by atoms with Crippen molar-refractivity contribution in [3.8, 4) is 0 Å². The van der Waals surface area contributed by atoms with E-state index in [9.17, 15) is 0 Å². The van der Waals surface area contributed by atoms with Gasteiger partial charge in [-0.05, 0) is 28.8 Å². The first-order chi connectivity index (χ1) is 9.25. The van der Waals surface area contributed by atoms with Gasteiger partial charge in [0.15, 0.2) is 11.0 Å². The topological polar surface area (TPSA) is 37.8 Å². The van der Waals surface area contributed by atoms with Gasteiger partial charge in [0.1, 0.15) is 0 Å². The van der Waals surface area contributed by atoms with E-state index >= 15 is 0 Å². The van der Waals surface area contributed by atoms with Crippen molar-refractivity contribution in [2.24, 2.45) is 0 Å². The molecule has 3 nitrogen and oxygen atoms in total. The molecule has 0 radical (unpaired) electrons. The van der Waals surface area contributed by atoms with Crippen molar-refractivity contribution in [2.75, 3.05) is 5.32 Å². The summed E-state index contributed by atoms with van der Waals surface area (Å²) in [6, 6.07) is 7.87. The number of rotatable bonds is 3. The van der Waals surface area contributed by atoms with Gasteiger partial charge in [0.2, 0.25) is 0 Å². The summed E-state index contributed by atoms with van der Waals surface area (Å²) in [4.78, 5) is 0. The molecule has 2 heterocycles. The third kappa shape index (κ3) is 2.41. The van der Waals surface area contributed by atoms with E-state index in [2.05, 4.69) is 33.2 Å². The second-order valence-electron chi connectivity index (χ2n) is 4.32. The van der Waals surface area contributed by atoms with E-state index in [1.807, 2.05) is 24.3 Å². The molecule has 5 heteroatoms. The molecule has 0 atom stereocenters. The average Bonchev–Trinajstić information content (AvgIpc) is 2.84. The van der Waals surface area contributed by atoms with Gasteiger partial charge in [-0.15, -0.1) is 10.2 Å². The smallest absolute Gasteiger partial charge is 0.159 e. The van der Waals surface area contributed by atoms with Crippen molar-refractivity contribution in [3.05, 3.63) is 51.3 Å². The van der Waals surface area contributed by atoms with E-state index in [1.54, 1.807) is 11.3 Å². The van der Waals surface area contributed by atoms with E-state index in [-0.39, 0.29) is 0 Å². The lowest BCUT2D eigenvalue weighted by Crippen LogP contribution is -2.03. The molecule has 3 rings (SSSR count). The highest BCUT2D eigenvalue weighted by molar-refractivity contribution is 7.08. The summed E-state index contributed by atoms with van der Waals surface area (Å²) in [5.41, 5.74) is 2.58. The van der Waals surface area contributed by atoms with E-state index in [0.29, 0.717) is 5.15 Å². The molecule has 0 aliphatic heterocycles. The first-order valence-corrected chi connectivity index (χ1v) is 7.24. The summed E-state index contributed by atoms with van der Waals surface area (Å²) in [5, 5.41) is 18.1. The van der Waals surface area contributed by atoms with E-state index in [1.165, 1.54) is 11.1 Å². The molecule has 1 aromatic carbocycles. The first kappa shape index (κ1) is 12.4. The maximum Gasteiger partial charge on any atom is 0.159 e. The number of anilines is 1. The molecule has 19 heavy (non-hydrogen) atoms. The Morgan fingerprint density at radius 2 is 1.95 bits per heavy atom. The molecule has 96 valence electrons. The Morgan fingerprint density at radius 3 is 2.68 bits per heavy atom. The summed E-state index contributed by atoms with van der Waals surface area (Å²) >= 11 is 7.76. The van der Waals surface area contributed by atoms with Gasteiger partial charge in [-0.1, -0.05) is 35.9 Å². The van der Waals surface area contributed by atoms with E-state index in [4.69, 9.17) is 11.6 Å². The lowest BCUT2D eigenvalue weighted by molar-refractivity contribution is 1.02. The number of nitrogens with one attached hydrogen (secondary N) is 1. The number of benzene rings is 1. The summed E-state index contributed by atoms with van der Waals surface area (Å²) in [5.74, 6) is 0.769. The van der Waals surface area contributed by atoms with Gasteiger partial charge in [-0.25, -0.2) is 0 Å². The molecule has 0 saturated heterocycles. The Labute approximate surface area is 120 Å². The van der Waals surface area contributed by atoms with E-state index in [0.717, 1.165) is 23.1 Å². The van der Waals surface area contributed by atoms with Gasteiger partial charge in [0.05, 0.1) is 0 Å². The fourth-order valence-corrected chi connectivity index (χ4v) is 3.01. The highest BCUT2D eigenvalue weighted by Gasteiger charge is 2.07. The molecule has 0 spiro atoms. The average molecular weight is 290 g/mol. The quantitative estimate of drug-likeness (QED) is 0.782. The molecular weight excluding hydrogens is 278 g/mol. The van der Waals surface area contributed by atoms with Gasteiger partial charge >= 0.3 is 0 Å². The van der Waals surface area contributed by atoms with Crippen LogP contribution in [0, 0.1) is 6.92 Å². The van der Waals surface area contributed by atoms with Crippen molar-refractivity contribution in [2.45, 2.75) is 13.5 Å². The van der Waals surface area contributed by atoms with Crippen LogP contribution in [0.2, 0.25) is 5.15 Å². The summed E-state index contributed by atoms with van der Waals surface area (Å²) in [6.45, 7) is 2.86. The summed E-state index contributed by atoms with van der Waals surface area (Å²) < 4.78 is 0. The molecule has 0 bridgehead atoms. The predicted molar refractivity (Wildman–Crippen MR) is 80.9 cm³/mol. The maximum atomic E-state index is 6.05. The van der Waals surface area contributed by atoms with Gasteiger partial charge in [-0.2, -0.15) is 11.3 Å². The van der Waals surface area contributed by atoms with Gasteiger partial charge < -0.3 is 5.32 Å². The minimum Gasteiger partial charge on any atom is -0.364 e. The molecule has 2 aromatic heterocycles. The Bertz CT molecular complexity index is 724. The number of hydrogen-bond acceptors (Lipinski definition) is 4. The normalized spacial score (nSPS) is 10.8. The van der Waals surface area contributed by atoms with Crippen LogP contribution in [0.1, 0.15) is 11.1 Å². The van der Waals surface area contributed by atoms with Gasteiger partial charge in [0.25, 0.3) is 0 Å². The molecular formula is C14H12ClN3S. The van der Waals surface area contributed by atoms with Crippen molar-refractivity contribution in [3.63, 3.8) is 0 Å². The van der Waals surface area contributed by atoms with Crippen LogP contribution in [0.3, 0.4) is 0 Å². The van der Waals surface area contributed by atoms with Crippen LogP contribution in [-0.2, 0) is 6.54 Å². The SMILES string of the molecule is Cc1cscc1CNc1nnc(Cl)c2ccccc12. The molecule has 0 aliphatic rings. The number of thiophene rings is 1. The zero-order valence-corrected chi connectivity index (χ0v) is 11.9. The fraction of sp³-hybridized carbons (Fsp3) is 0.143. The van der Waals surface area contributed by atoms with Crippen LogP contribution in [0.25, 0.3) is 10.8 Å². The highest BCUT2D eigenvalue weighted by Crippen LogP contribution is 2.26. The second-order valence-corrected chi connectivity index (χ2v) is 5.42. The lowest BCUT2D eigenvalue weighted by Gasteiger charge is -2.08. The number of fused-ring (bicyclic) bond motifs is 1. The molecule has 0 amide bonds. The minimum absolute atomic E-state index is 0.438. The van der Waals surface area contributed by atoms with Crippen molar-refractivity contribution in [1.82, 2.24) is 10.2 Å². The fourth-order valence-electron chi connectivity index (χ4n) is 1.95.